The largest absolute Gasteiger partial charge is 0.469 e. The van der Waals surface area contributed by atoms with Crippen LogP contribution in [-0.4, -0.2) is 26.2 Å². The third-order valence-corrected chi connectivity index (χ3v) is 4.07. The molecule has 0 bridgehead atoms. The molecule has 3 heteroatoms. The molecule has 1 aliphatic heterocycles. The fraction of sp³-hybridized carbons (Fsp3) is 0.562. The van der Waals surface area contributed by atoms with Gasteiger partial charge in [0.05, 0.1) is 13.0 Å². The summed E-state index contributed by atoms with van der Waals surface area (Å²) in [6, 6.07) is 4.31. The third-order valence-electron chi connectivity index (χ3n) is 4.07. The zero-order valence-electron chi connectivity index (χ0n) is 12.2. The van der Waals surface area contributed by atoms with Gasteiger partial charge in [0.1, 0.15) is 0 Å². The van der Waals surface area contributed by atoms with Crippen molar-refractivity contribution in [3.05, 3.63) is 34.4 Å². The van der Waals surface area contributed by atoms with Gasteiger partial charge < -0.3 is 10.1 Å². The maximum atomic E-state index is 12.2. The van der Waals surface area contributed by atoms with Crippen LogP contribution in [0.1, 0.15) is 34.6 Å². The predicted molar refractivity (Wildman–Crippen MR) is 76.4 cm³/mol. The molecular formula is C16H23NO2. The summed E-state index contributed by atoms with van der Waals surface area (Å²) in [5, 5.41) is 3.34. The van der Waals surface area contributed by atoms with Gasteiger partial charge in [-0.25, -0.2) is 0 Å². The lowest BCUT2D eigenvalue weighted by Crippen LogP contribution is -2.26. The highest BCUT2D eigenvalue weighted by Crippen LogP contribution is 2.34. The van der Waals surface area contributed by atoms with Crippen molar-refractivity contribution in [3.8, 4) is 0 Å². The SMILES string of the molecule is COC(=O)C(c1c(C)cc(C)cc1C)C1CCNC1. The van der Waals surface area contributed by atoms with E-state index >= 15 is 0 Å². The molecule has 0 saturated carbocycles. The average Bonchev–Trinajstić information content (AvgIpc) is 2.86. The monoisotopic (exact) mass is 261 g/mol. The summed E-state index contributed by atoms with van der Waals surface area (Å²) in [4.78, 5) is 12.2. The van der Waals surface area contributed by atoms with E-state index in [1.807, 2.05) is 0 Å². The zero-order chi connectivity index (χ0) is 14.0. The summed E-state index contributed by atoms with van der Waals surface area (Å²) in [5.74, 6) is 0.0944. The standard InChI is InChI=1S/C16H23NO2/c1-10-7-11(2)14(12(3)8-10)15(16(18)19-4)13-5-6-17-9-13/h7-8,13,15,17H,5-6,9H2,1-4H3. The smallest absolute Gasteiger partial charge is 0.313 e. The summed E-state index contributed by atoms with van der Waals surface area (Å²) >= 11 is 0. The van der Waals surface area contributed by atoms with Gasteiger partial charge in [-0.15, -0.1) is 0 Å². The molecule has 0 radical (unpaired) electrons. The Bertz CT molecular complexity index is 453. The van der Waals surface area contributed by atoms with E-state index < -0.39 is 0 Å². The van der Waals surface area contributed by atoms with E-state index in [9.17, 15) is 4.79 Å². The van der Waals surface area contributed by atoms with Gasteiger partial charge in [0.15, 0.2) is 0 Å². The first-order chi connectivity index (χ1) is 9.04. The fourth-order valence-electron chi connectivity index (χ4n) is 3.32. The van der Waals surface area contributed by atoms with E-state index in [1.54, 1.807) is 0 Å². The average molecular weight is 261 g/mol. The molecule has 3 nitrogen and oxygen atoms in total. The van der Waals surface area contributed by atoms with Crippen molar-refractivity contribution in [2.24, 2.45) is 5.92 Å². The first kappa shape index (κ1) is 14.1. The first-order valence-corrected chi connectivity index (χ1v) is 6.91. The Kier molecular flexibility index (Phi) is 4.25. The van der Waals surface area contributed by atoms with E-state index in [4.69, 9.17) is 4.74 Å². The van der Waals surface area contributed by atoms with Gasteiger partial charge >= 0.3 is 5.97 Å². The third kappa shape index (κ3) is 2.81. The summed E-state index contributed by atoms with van der Waals surface area (Å²) < 4.78 is 5.05. The van der Waals surface area contributed by atoms with Gasteiger partial charge in [0.25, 0.3) is 0 Å². The van der Waals surface area contributed by atoms with Crippen molar-refractivity contribution in [1.29, 1.82) is 0 Å². The molecule has 0 amide bonds. The van der Waals surface area contributed by atoms with E-state index in [0.717, 1.165) is 25.1 Å². The maximum absolute atomic E-state index is 12.2. The minimum Gasteiger partial charge on any atom is -0.469 e. The number of carbonyl (C=O) groups excluding carboxylic acids is 1. The van der Waals surface area contributed by atoms with Crippen LogP contribution < -0.4 is 5.32 Å². The highest BCUT2D eigenvalue weighted by atomic mass is 16.5. The molecule has 0 aliphatic carbocycles. The number of aryl methyl sites for hydroxylation is 3. The molecule has 0 aromatic heterocycles. The molecule has 19 heavy (non-hydrogen) atoms. The zero-order valence-corrected chi connectivity index (χ0v) is 12.2. The lowest BCUT2D eigenvalue weighted by molar-refractivity contribution is -0.143. The lowest BCUT2D eigenvalue weighted by Gasteiger charge is -2.24. The van der Waals surface area contributed by atoms with Crippen LogP contribution in [0.4, 0.5) is 0 Å². The number of benzene rings is 1. The molecule has 1 N–H and O–H groups in total. The summed E-state index contributed by atoms with van der Waals surface area (Å²) in [6.45, 7) is 8.16. The Balaban J connectivity index is 2.46. The molecule has 2 atom stereocenters. The van der Waals surface area contributed by atoms with Crippen molar-refractivity contribution in [3.63, 3.8) is 0 Å². The Morgan fingerprint density at radius 2 is 1.95 bits per heavy atom. The first-order valence-electron chi connectivity index (χ1n) is 6.91. The number of carbonyl (C=O) groups is 1. The molecule has 1 aliphatic rings. The minimum absolute atomic E-state index is 0.108. The predicted octanol–water partition coefficient (Wildman–Crippen LogP) is 2.48. The quantitative estimate of drug-likeness (QED) is 0.850. The van der Waals surface area contributed by atoms with Crippen molar-refractivity contribution in [2.75, 3.05) is 20.2 Å². The number of esters is 1. The second kappa shape index (κ2) is 5.74. The summed E-state index contributed by atoms with van der Waals surface area (Å²) in [6.07, 6.45) is 1.03. The number of methoxy groups -OCH3 is 1. The molecule has 2 unspecified atom stereocenters. The second-order valence-electron chi connectivity index (χ2n) is 5.57. The topological polar surface area (TPSA) is 38.3 Å². The van der Waals surface area contributed by atoms with Crippen LogP contribution in [0.25, 0.3) is 0 Å². The van der Waals surface area contributed by atoms with Crippen LogP contribution in [0, 0.1) is 26.7 Å². The molecule has 2 rings (SSSR count). The molecule has 1 fully saturated rings. The van der Waals surface area contributed by atoms with Crippen molar-refractivity contribution >= 4 is 5.97 Å². The number of rotatable bonds is 3. The summed E-state index contributed by atoms with van der Waals surface area (Å²) in [5.41, 5.74) is 4.79. The van der Waals surface area contributed by atoms with E-state index in [1.165, 1.54) is 23.8 Å². The number of hydrogen-bond donors (Lipinski definition) is 1. The van der Waals surface area contributed by atoms with Crippen LogP contribution in [0.2, 0.25) is 0 Å². The highest BCUT2D eigenvalue weighted by molar-refractivity contribution is 5.79. The van der Waals surface area contributed by atoms with Gasteiger partial charge in [-0.1, -0.05) is 17.7 Å². The van der Waals surface area contributed by atoms with Gasteiger partial charge in [-0.2, -0.15) is 0 Å². The Morgan fingerprint density at radius 1 is 1.32 bits per heavy atom. The van der Waals surface area contributed by atoms with Gasteiger partial charge in [0.2, 0.25) is 0 Å². The number of ether oxygens (including phenoxy) is 1. The van der Waals surface area contributed by atoms with Crippen LogP contribution >= 0.6 is 0 Å². The normalized spacial score (nSPS) is 20.3. The van der Waals surface area contributed by atoms with Crippen LogP contribution in [0.3, 0.4) is 0 Å². The molecule has 1 heterocycles. The molecule has 0 spiro atoms. The van der Waals surface area contributed by atoms with Crippen LogP contribution in [0.15, 0.2) is 12.1 Å². The van der Waals surface area contributed by atoms with E-state index in [0.29, 0.717) is 5.92 Å². The molecule has 1 aromatic rings. The van der Waals surface area contributed by atoms with Gasteiger partial charge in [-0.05, 0) is 62.9 Å². The van der Waals surface area contributed by atoms with Crippen molar-refractivity contribution < 1.29 is 9.53 Å². The number of nitrogens with one attached hydrogen (secondary N) is 1. The minimum atomic E-state index is -0.138. The van der Waals surface area contributed by atoms with Crippen LogP contribution in [-0.2, 0) is 9.53 Å². The maximum Gasteiger partial charge on any atom is 0.313 e. The van der Waals surface area contributed by atoms with Gasteiger partial charge in [-0.3, -0.25) is 4.79 Å². The fourth-order valence-corrected chi connectivity index (χ4v) is 3.32. The van der Waals surface area contributed by atoms with Crippen LogP contribution in [0.5, 0.6) is 0 Å². The molecular weight excluding hydrogens is 238 g/mol. The van der Waals surface area contributed by atoms with E-state index in [-0.39, 0.29) is 11.9 Å². The molecule has 1 saturated heterocycles. The highest BCUT2D eigenvalue weighted by Gasteiger charge is 2.34. The molecule has 104 valence electrons. The Hall–Kier alpha value is -1.35. The van der Waals surface area contributed by atoms with Gasteiger partial charge in [0, 0.05) is 0 Å². The Morgan fingerprint density at radius 3 is 2.42 bits per heavy atom. The lowest BCUT2D eigenvalue weighted by atomic mass is 9.80. The Labute approximate surface area is 115 Å². The van der Waals surface area contributed by atoms with Crippen molar-refractivity contribution in [2.45, 2.75) is 33.1 Å². The molecule has 1 aromatic carbocycles. The van der Waals surface area contributed by atoms with Crippen molar-refractivity contribution in [1.82, 2.24) is 5.32 Å². The second-order valence-corrected chi connectivity index (χ2v) is 5.57. The number of hydrogen-bond acceptors (Lipinski definition) is 3. The van der Waals surface area contributed by atoms with E-state index in [2.05, 4.69) is 38.2 Å². The summed E-state index contributed by atoms with van der Waals surface area (Å²) in [7, 11) is 1.48.